The number of morpholine rings is 1. The molecule has 1 fully saturated rings. The van der Waals surface area contributed by atoms with Crippen LogP contribution in [0.25, 0.3) is 11.1 Å². The van der Waals surface area contributed by atoms with E-state index in [2.05, 4.69) is 20.5 Å². The Morgan fingerprint density at radius 3 is 2.76 bits per heavy atom. The van der Waals surface area contributed by atoms with Gasteiger partial charge in [0.05, 0.1) is 30.6 Å². The lowest BCUT2D eigenvalue weighted by Crippen LogP contribution is -2.37. The van der Waals surface area contributed by atoms with Gasteiger partial charge >= 0.3 is 0 Å². The maximum Gasteiger partial charge on any atom is 0.245 e. The molecule has 1 aliphatic rings. The normalized spacial score (nSPS) is 14.1. The Balaban J connectivity index is 1.58. The molecule has 0 aliphatic carbocycles. The van der Waals surface area contributed by atoms with Crippen LogP contribution in [-0.4, -0.2) is 55.4 Å². The second-order valence-electron chi connectivity index (χ2n) is 7.59. The van der Waals surface area contributed by atoms with Gasteiger partial charge in [-0.15, -0.1) is 0 Å². The first-order valence-corrected chi connectivity index (χ1v) is 11.0. The molecule has 4 rings (SSSR count). The van der Waals surface area contributed by atoms with E-state index in [0.29, 0.717) is 42.5 Å². The topological polar surface area (TPSA) is 82.9 Å². The van der Waals surface area contributed by atoms with Crippen molar-refractivity contribution in [2.24, 2.45) is 5.10 Å². The average molecular weight is 488 g/mol. The van der Waals surface area contributed by atoms with Crippen molar-refractivity contribution in [1.29, 1.82) is 0 Å². The molecule has 1 aromatic heterocycles. The van der Waals surface area contributed by atoms with Crippen LogP contribution in [0.3, 0.4) is 0 Å². The van der Waals surface area contributed by atoms with Gasteiger partial charge in [0.15, 0.2) is 11.6 Å². The minimum atomic E-state index is -0.517. The number of aromatic hydroxyl groups is 1. The molecule has 1 aliphatic heterocycles. The lowest BCUT2D eigenvalue weighted by Gasteiger charge is -2.27. The Morgan fingerprint density at radius 1 is 1.27 bits per heavy atom. The van der Waals surface area contributed by atoms with E-state index in [1.807, 2.05) is 26.9 Å². The van der Waals surface area contributed by atoms with Gasteiger partial charge in [-0.1, -0.05) is 46.9 Å². The lowest BCUT2D eigenvalue weighted by molar-refractivity contribution is 0.122. The molecule has 0 spiro atoms. The molecular formula is C22H21BCl2FN5O2. The third-order valence-electron chi connectivity index (χ3n) is 5.34. The summed E-state index contributed by atoms with van der Waals surface area (Å²) in [6.45, 7) is 4.03. The molecule has 11 heteroatoms. The van der Waals surface area contributed by atoms with Crippen LogP contribution in [0.1, 0.15) is 11.1 Å². The first-order valence-electron chi connectivity index (χ1n) is 10.3. The highest BCUT2D eigenvalue weighted by Gasteiger charge is 2.19. The highest BCUT2D eigenvalue weighted by molar-refractivity contribution is 6.44. The number of nitrogens with zero attached hydrogens (tertiary/aromatic N) is 4. The number of hydrogen-bond donors (Lipinski definition) is 2. The predicted octanol–water partition coefficient (Wildman–Crippen LogP) is 3.14. The summed E-state index contributed by atoms with van der Waals surface area (Å²) in [5.74, 6) is -0.333. The van der Waals surface area contributed by atoms with Crippen molar-refractivity contribution in [2.75, 3.05) is 36.6 Å². The molecule has 1 saturated heterocycles. The summed E-state index contributed by atoms with van der Waals surface area (Å²) in [5.41, 5.74) is 6.28. The monoisotopic (exact) mass is 487 g/mol. The molecule has 0 unspecified atom stereocenters. The fraction of sp³-hybridized carbons (Fsp3) is 0.227. The first-order chi connectivity index (χ1) is 15.9. The Kier molecular flexibility index (Phi) is 7.02. The van der Waals surface area contributed by atoms with Crippen LogP contribution >= 0.6 is 23.2 Å². The van der Waals surface area contributed by atoms with E-state index in [1.54, 1.807) is 17.0 Å². The molecule has 7 nitrogen and oxygen atoms in total. The number of hydrazone groups is 1. The zero-order valence-corrected chi connectivity index (χ0v) is 19.6. The summed E-state index contributed by atoms with van der Waals surface area (Å²) < 4.78 is 19.5. The molecule has 0 radical (unpaired) electrons. The third kappa shape index (κ3) is 4.90. The number of ether oxygens (including phenoxy) is 1. The molecule has 0 amide bonds. The number of benzene rings is 2. The van der Waals surface area contributed by atoms with Gasteiger partial charge in [-0.2, -0.15) is 10.1 Å². The summed E-state index contributed by atoms with van der Waals surface area (Å²) in [7, 11) is 1.88. The molecular weight excluding hydrogens is 467 g/mol. The SMILES string of the molecule is Bc1cc(/C=N\Nc2ncc(F)c(N3CCOCC3)n2)c(O)c(Cl)c1-c1c(C)cccc1Cl. The second-order valence-corrected chi connectivity index (χ2v) is 8.37. The van der Waals surface area contributed by atoms with Gasteiger partial charge in [0, 0.05) is 29.2 Å². The number of aromatic nitrogens is 2. The van der Waals surface area contributed by atoms with Gasteiger partial charge < -0.3 is 14.7 Å². The summed E-state index contributed by atoms with van der Waals surface area (Å²) in [6, 6.07) is 7.33. The third-order valence-corrected chi connectivity index (χ3v) is 6.03. The van der Waals surface area contributed by atoms with Gasteiger partial charge in [-0.3, -0.25) is 0 Å². The molecule has 3 aromatic rings. The predicted molar refractivity (Wildman–Crippen MR) is 133 cm³/mol. The molecule has 170 valence electrons. The van der Waals surface area contributed by atoms with Crippen molar-refractivity contribution in [3.05, 3.63) is 57.5 Å². The Morgan fingerprint density at radius 2 is 2.03 bits per heavy atom. The lowest BCUT2D eigenvalue weighted by atomic mass is 9.84. The highest BCUT2D eigenvalue weighted by atomic mass is 35.5. The number of aryl methyl sites for hydroxylation is 1. The molecule has 0 bridgehead atoms. The number of phenols is 1. The van der Waals surface area contributed by atoms with E-state index in [1.165, 1.54) is 6.21 Å². The van der Waals surface area contributed by atoms with E-state index in [9.17, 15) is 9.50 Å². The summed E-state index contributed by atoms with van der Waals surface area (Å²) >= 11 is 12.9. The maximum absolute atomic E-state index is 14.2. The smallest absolute Gasteiger partial charge is 0.245 e. The minimum Gasteiger partial charge on any atom is -0.506 e. The van der Waals surface area contributed by atoms with Gasteiger partial charge in [-0.25, -0.2) is 14.8 Å². The Labute approximate surface area is 201 Å². The number of phenolic OH excluding ortho intramolecular Hbond substituents is 1. The number of nitrogens with one attached hydrogen (secondary N) is 1. The van der Waals surface area contributed by atoms with E-state index >= 15 is 0 Å². The van der Waals surface area contributed by atoms with E-state index < -0.39 is 5.82 Å². The largest absolute Gasteiger partial charge is 0.506 e. The quantitative estimate of drug-likeness (QED) is 0.327. The van der Waals surface area contributed by atoms with Gasteiger partial charge in [-0.05, 0) is 24.1 Å². The molecule has 0 atom stereocenters. The van der Waals surface area contributed by atoms with Crippen LogP contribution in [0, 0.1) is 12.7 Å². The number of hydrogen-bond acceptors (Lipinski definition) is 7. The molecule has 0 saturated carbocycles. The fourth-order valence-corrected chi connectivity index (χ4v) is 4.38. The van der Waals surface area contributed by atoms with E-state index in [-0.39, 0.29) is 22.5 Å². The van der Waals surface area contributed by atoms with Crippen LogP contribution in [0.15, 0.2) is 35.6 Å². The van der Waals surface area contributed by atoms with Crippen LogP contribution in [0.5, 0.6) is 5.75 Å². The highest BCUT2D eigenvalue weighted by Crippen LogP contribution is 2.39. The summed E-state index contributed by atoms with van der Waals surface area (Å²) in [6.07, 6.45) is 2.49. The van der Waals surface area contributed by atoms with E-state index in [4.69, 9.17) is 27.9 Å². The van der Waals surface area contributed by atoms with Crippen molar-refractivity contribution in [2.45, 2.75) is 6.92 Å². The van der Waals surface area contributed by atoms with Gasteiger partial charge in [0.2, 0.25) is 5.95 Å². The number of halogens is 3. The van der Waals surface area contributed by atoms with Crippen molar-refractivity contribution in [1.82, 2.24) is 9.97 Å². The average Bonchev–Trinajstić information content (AvgIpc) is 2.80. The summed E-state index contributed by atoms with van der Waals surface area (Å²) in [4.78, 5) is 9.93. The standard InChI is InChI=1S/C22H21BCl2FN5O2/c1-12-3-2-4-15(24)17(12)18-14(23)9-13(20(32)19(18)25)10-28-30-22-27-11-16(26)21(29-22)31-5-7-33-8-6-31/h2-4,9-11,32H,5-8,23H2,1H3,(H,27,29,30)/b28-10-. The zero-order valence-electron chi connectivity index (χ0n) is 18.1. The van der Waals surface area contributed by atoms with Crippen molar-refractivity contribution in [3.8, 4) is 16.9 Å². The fourth-order valence-electron chi connectivity index (χ4n) is 3.71. The second kappa shape index (κ2) is 9.95. The van der Waals surface area contributed by atoms with Gasteiger partial charge in [0.1, 0.15) is 13.6 Å². The Hall–Kier alpha value is -2.88. The molecule has 2 N–H and O–H groups in total. The van der Waals surface area contributed by atoms with Crippen molar-refractivity contribution in [3.63, 3.8) is 0 Å². The van der Waals surface area contributed by atoms with Crippen molar-refractivity contribution >= 4 is 54.5 Å². The number of anilines is 2. The summed E-state index contributed by atoms with van der Waals surface area (Å²) in [5, 5.41) is 15.5. The van der Waals surface area contributed by atoms with E-state index in [0.717, 1.165) is 22.8 Å². The van der Waals surface area contributed by atoms with Crippen LogP contribution in [0.4, 0.5) is 16.2 Å². The molecule has 33 heavy (non-hydrogen) atoms. The maximum atomic E-state index is 14.2. The zero-order chi connectivity index (χ0) is 23.5. The minimum absolute atomic E-state index is 0.125. The van der Waals surface area contributed by atoms with Crippen LogP contribution < -0.4 is 15.8 Å². The molecule has 2 aromatic carbocycles. The van der Waals surface area contributed by atoms with Crippen LogP contribution in [-0.2, 0) is 4.74 Å². The van der Waals surface area contributed by atoms with Crippen molar-refractivity contribution < 1.29 is 14.2 Å². The Bertz CT molecular complexity index is 1200. The number of rotatable bonds is 5. The van der Waals surface area contributed by atoms with Crippen LogP contribution in [0.2, 0.25) is 10.0 Å². The molecule has 2 heterocycles. The first kappa shape index (κ1) is 23.3. The van der Waals surface area contributed by atoms with Gasteiger partial charge in [0.25, 0.3) is 0 Å².